The maximum atomic E-state index is 11.7. The van der Waals surface area contributed by atoms with Crippen LogP contribution in [0.1, 0.15) is 15.2 Å². The molecule has 0 aliphatic carbocycles. The maximum Gasteiger partial charge on any atom is 0.264 e. The van der Waals surface area contributed by atoms with E-state index in [1.54, 1.807) is 4.90 Å². The fraction of sp³-hybridized carbons (Fsp3) is 0.444. The van der Waals surface area contributed by atoms with Gasteiger partial charge < -0.3 is 10.6 Å². The van der Waals surface area contributed by atoms with Gasteiger partial charge in [-0.05, 0) is 23.9 Å². The molecule has 2 N–H and O–H groups in total. The second kappa shape index (κ2) is 3.12. The fourth-order valence-corrected chi connectivity index (χ4v) is 2.24. The number of hydrogen-bond donors (Lipinski definition) is 1. The molecule has 0 atom stereocenters. The number of nitrogens with two attached hydrogens (primary N) is 1. The highest BCUT2D eigenvalue weighted by atomic mass is 32.1. The largest absolute Gasteiger partial charge is 0.335 e. The molecule has 0 spiro atoms. The van der Waals surface area contributed by atoms with Crippen LogP contribution in [0, 0.1) is 6.92 Å². The van der Waals surface area contributed by atoms with Crippen LogP contribution in [0.3, 0.4) is 0 Å². The molecule has 3 nitrogen and oxygen atoms in total. The first kappa shape index (κ1) is 8.72. The zero-order chi connectivity index (χ0) is 9.42. The van der Waals surface area contributed by atoms with Gasteiger partial charge in [0.05, 0.1) is 4.88 Å². The van der Waals surface area contributed by atoms with Crippen molar-refractivity contribution in [2.24, 2.45) is 5.73 Å². The molecular formula is C9H12N2OS. The molecule has 4 heteroatoms. The minimum Gasteiger partial charge on any atom is -0.335 e. The molecule has 13 heavy (non-hydrogen) atoms. The van der Waals surface area contributed by atoms with Gasteiger partial charge in [-0.3, -0.25) is 4.79 Å². The van der Waals surface area contributed by atoms with Crippen molar-refractivity contribution in [2.75, 3.05) is 13.1 Å². The number of amides is 1. The molecule has 0 radical (unpaired) electrons. The highest BCUT2D eigenvalue weighted by Gasteiger charge is 2.28. The lowest BCUT2D eigenvalue weighted by atomic mass is 10.1. The molecule has 2 heterocycles. The summed E-state index contributed by atoms with van der Waals surface area (Å²) in [6.07, 6.45) is 0. The summed E-state index contributed by atoms with van der Waals surface area (Å²) in [4.78, 5) is 14.3. The third-order valence-corrected chi connectivity index (χ3v) is 3.17. The van der Waals surface area contributed by atoms with E-state index in [0.717, 1.165) is 10.4 Å². The van der Waals surface area contributed by atoms with E-state index in [-0.39, 0.29) is 11.9 Å². The van der Waals surface area contributed by atoms with E-state index in [1.807, 2.05) is 18.4 Å². The predicted molar refractivity (Wildman–Crippen MR) is 52.9 cm³/mol. The molecule has 1 aromatic heterocycles. The van der Waals surface area contributed by atoms with E-state index in [2.05, 4.69) is 0 Å². The molecular weight excluding hydrogens is 184 g/mol. The first-order chi connectivity index (χ1) is 6.16. The number of rotatable bonds is 1. The lowest BCUT2D eigenvalue weighted by Crippen LogP contribution is -2.57. The Morgan fingerprint density at radius 3 is 2.85 bits per heavy atom. The Bertz CT molecular complexity index is 328. The Kier molecular flexibility index (Phi) is 2.09. The molecule has 0 unspecified atom stereocenters. The molecule has 0 saturated carbocycles. The predicted octanol–water partition coefficient (Wildman–Crippen LogP) is 0.840. The Labute approximate surface area is 81.2 Å². The van der Waals surface area contributed by atoms with E-state index >= 15 is 0 Å². The zero-order valence-electron chi connectivity index (χ0n) is 7.49. The van der Waals surface area contributed by atoms with Crippen molar-refractivity contribution in [2.45, 2.75) is 13.0 Å². The van der Waals surface area contributed by atoms with Gasteiger partial charge in [0.15, 0.2) is 0 Å². The number of carbonyl (C=O) groups excluding carboxylic acids is 1. The Morgan fingerprint density at radius 2 is 2.38 bits per heavy atom. The van der Waals surface area contributed by atoms with Crippen molar-refractivity contribution in [3.63, 3.8) is 0 Å². The standard InChI is InChI=1S/C9H12N2OS/c1-6-2-8(13-5-6)9(12)11-3-7(10)4-11/h2,5,7H,3-4,10H2,1H3. The highest BCUT2D eigenvalue weighted by molar-refractivity contribution is 7.12. The van der Waals surface area contributed by atoms with Gasteiger partial charge in [-0.1, -0.05) is 0 Å². The van der Waals surface area contributed by atoms with E-state index in [0.29, 0.717) is 13.1 Å². The summed E-state index contributed by atoms with van der Waals surface area (Å²) < 4.78 is 0. The van der Waals surface area contributed by atoms with Crippen LogP contribution in [0.15, 0.2) is 11.4 Å². The number of aryl methyl sites for hydroxylation is 1. The lowest BCUT2D eigenvalue weighted by molar-refractivity contribution is 0.0613. The molecule has 1 saturated heterocycles. The first-order valence-corrected chi connectivity index (χ1v) is 5.15. The highest BCUT2D eigenvalue weighted by Crippen LogP contribution is 2.18. The number of hydrogen-bond acceptors (Lipinski definition) is 3. The van der Waals surface area contributed by atoms with Crippen LogP contribution in [-0.2, 0) is 0 Å². The summed E-state index contributed by atoms with van der Waals surface area (Å²) in [5.41, 5.74) is 6.75. The van der Waals surface area contributed by atoms with Crippen LogP contribution in [0.25, 0.3) is 0 Å². The van der Waals surface area contributed by atoms with Crippen molar-refractivity contribution >= 4 is 17.2 Å². The maximum absolute atomic E-state index is 11.7. The molecule has 1 aliphatic rings. The van der Waals surface area contributed by atoms with Crippen molar-refractivity contribution < 1.29 is 4.79 Å². The average Bonchev–Trinajstić information content (AvgIpc) is 2.45. The summed E-state index contributed by atoms with van der Waals surface area (Å²) in [7, 11) is 0. The molecule has 0 bridgehead atoms. The fourth-order valence-electron chi connectivity index (χ4n) is 1.38. The van der Waals surface area contributed by atoms with Gasteiger partial charge in [-0.15, -0.1) is 11.3 Å². The van der Waals surface area contributed by atoms with Crippen molar-refractivity contribution in [1.82, 2.24) is 4.90 Å². The van der Waals surface area contributed by atoms with E-state index in [4.69, 9.17) is 5.73 Å². The molecule has 1 aromatic rings. The Balaban J connectivity index is 2.06. The van der Waals surface area contributed by atoms with Gasteiger partial charge in [-0.2, -0.15) is 0 Å². The van der Waals surface area contributed by atoms with Crippen LogP contribution in [-0.4, -0.2) is 29.9 Å². The zero-order valence-corrected chi connectivity index (χ0v) is 8.30. The summed E-state index contributed by atoms with van der Waals surface area (Å²) >= 11 is 1.50. The summed E-state index contributed by atoms with van der Waals surface area (Å²) in [5.74, 6) is 0.125. The molecule has 2 rings (SSSR count). The normalized spacial score (nSPS) is 17.2. The smallest absolute Gasteiger partial charge is 0.264 e. The minimum atomic E-state index is 0.125. The van der Waals surface area contributed by atoms with Gasteiger partial charge in [0.2, 0.25) is 0 Å². The van der Waals surface area contributed by atoms with Crippen LogP contribution < -0.4 is 5.73 Å². The topological polar surface area (TPSA) is 46.3 Å². The van der Waals surface area contributed by atoms with Gasteiger partial charge in [0, 0.05) is 19.1 Å². The third kappa shape index (κ3) is 1.59. The van der Waals surface area contributed by atoms with Gasteiger partial charge >= 0.3 is 0 Å². The second-order valence-corrected chi connectivity index (χ2v) is 4.37. The number of carbonyl (C=O) groups is 1. The van der Waals surface area contributed by atoms with Crippen molar-refractivity contribution in [3.8, 4) is 0 Å². The second-order valence-electron chi connectivity index (χ2n) is 3.46. The Hall–Kier alpha value is -0.870. The number of likely N-dealkylation sites (tertiary alicyclic amines) is 1. The van der Waals surface area contributed by atoms with Crippen LogP contribution >= 0.6 is 11.3 Å². The van der Waals surface area contributed by atoms with Crippen molar-refractivity contribution in [1.29, 1.82) is 0 Å². The quantitative estimate of drug-likeness (QED) is 0.723. The van der Waals surface area contributed by atoms with E-state index in [9.17, 15) is 4.79 Å². The van der Waals surface area contributed by atoms with E-state index < -0.39 is 0 Å². The summed E-state index contributed by atoms with van der Waals surface area (Å²) in [6, 6.07) is 2.11. The molecule has 1 amide bonds. The van der Waals surface area contributed by atoms with Crippen LogP contribution in [0.2, 0.25) is 0 Å². The molecule has 1 fully saturated rings. The van der Waals surface area contributed by atoms with Crippen LogP contribution in [0.4, 0.5) is 0 Å². The minimum absolute atomic E-state index is 0.125. The molecule has 70 valence electrons. The van der Waals surface area contributed by atoms with E-state index in [1.165, 1.54) is 11.3 Å². The lowest BCUT2D eigenvalue weighted by Gasteiger charge is -2.36. The molecule has 1 aliphatic heterocycles. The first-order valence-electron chi connectivity index (χ1n) is 4.27. The van der Waals surface area contributed by atoms with Crippen molar-refractivity contribution in [3.05, 3.63) is 21.9 Å². The number of nitrogens with zero attached hydrogens (tertiary/aromatic N) is 1. The average molecular weight is 196 g/mol. The van der Waals surface area contributed by atoms with Crippen LogP contribution in [0.5, 0.6) is 0 Å². The third-order valence-electron chi connectivity index (χ3n) is 2.14. The monoisotopic (exact) mass is 196 g/mol. The molecule has 0 aromatic carbocycles. The number of thiophene rings is 1. The van der Waals surface area contributed by atoms with Gasteiger partial charge in [-0.25, -0.2) is 0 Å². The summed E-state index contributed by atoms with van der Waals surface area (Å²) in [5, 5.41) is 1.99. The SMILES string of the molecule is Cc1csc(C(=O)N2CC(N)C2)c1. The Morgan fingerprint density at radius 1 is 1.69 bits per heavy atom. The van der Waals surface area contributed by atoms with Gasteiger partial charge in [0.25, 0.3) is 5.91 Å². The van der Waals surface area contributed by atoms with Gasteiger partial charge in [0.1, 0.15) is 0 Å². The summed E-state index contributed by atoms with van der Waals surface area (Å²) in [6.45, 7) is 3.40.